The van der Waals surface area contributed by atoms with Gasteiger partial charge in [-0.1, -0.05) is 60.7 Å². The van der Waals surface area contributed by atoms with Gasteiger partial charge in [-0.3, -0.25) is 10.1 Å². The van der Waals surface area contributed by atoms with Crippen LogP contribution >= 0.6 is 0 Å². The minimum atomic E-state index is -3.63. The van der Waals surface area contributed by atoms with Crippen LogP contribution in [0.5, 0.6) is 0 Å². The second-order valence-corrected chi connectivity index (χ2v) is 10.7. The van der Waals surface area contributed by atoms with Crippen molar-refractivity contribution in [3.8, 4) is 0 Å². The number of anilines is 1. The van der Waals surface area contributed by atoms with E-state index in [9.17, 15) is 13.2 Å². The molecular weight excluding hydrogens is 462 g/mol. The molecule has 2 N–H and O–H groups in total. The Kier molecular flexibility index (Phi) is 7.97. The van der Waals surface area contributed by atoms with E-state index in [0.29, 0.717) is 18.8 Å². The zero-order valence-corrected chi connectivity index (χ0v) is 20.7. The van der Waals surface area contributed by atoms with Gasteiger partial charge in [-0.2, -0.15) is 4.31 Å². The molecule has 8 heteroatoms. The lowest BCUT2D eigenvalue weighted by molar-refractivity contribution is -0.115. The molecule has 35 heavy (non-hydrogen) atoms. The smallest absolute Gasteiger partial charge is 0.243 e. The van der Waals surface area contributed by atoms with E-state index in [-0.39, 0.29) is 35.6 Å². The lowest BCUT2D eigenvalue weighted by Gasteiger charge is -2.34. The maximum Gasteiger partial charge on any atom is 0.243 e. The Morgan fingerprint density at radius 3 is 1.91 bits per heavy atom. The second kappa shape index (κ2) is 11.1. The van der Waals surface area contributed by atoms with Crippen LogP contribution in [-0.2, 0) is 19.6 Å². The molecule has 1 heterocycles. The van der Waals surface area contributed by atoms with Crippen LogP contribution in [0.3, 0.4) is 0 Å². The summed E-state index contributed by atoms with van der Waals surface area (Å²) in [6.45, 7) is 4.47. The number of sulfonamides is 1. The Hall–Kier alpha value is -3.04. The Morgan fingerprint density at radius 1 is 0.886 bits per heavy atom. The highest BCUT2D eigenvalue weighted by Gasteiger charge is 2.32. The van der Waals surface area contributed by atoms with Gasteiger partial charge in [-0.25, -0.2) is 8.42 Å². The van der Waals surface area contributed by atoms with E-state index in [4.69, 9.17) is 4.74 Å². The third kappa shape index (κ3) is 6.35. The number of ether oxygens (including phenoxy) is 1. The van der Waals surface area contributed by atoms with Crippen molar-refractivity contribution in [2.75, 3.05) is 25.0 Å². The third-order valence-corrected chi connectivity index (χ3v) is 7.74. The largest absolute Gasteiger partial charge is 0.373 e. The van der Waals surface area contributed by atoms with Gasteiger partial charge in [-0.05, 0) is 49.2 Å². The molecule has 1 saturated heterocycles. The van der Waals surface area contributed by atoms with Crippen LogP contribution < -0.4 is 10.6 Å². The second-order valence-electron chi connectivity index (χ2n) is 8.79. The zero-order valence-electron chi connectivity index (χ0n) is 19.9. The molecule has 1 aliphatic heterocycles. The molecular formula is C27H31N3O4S. The number of amides is 1. The van der Waals surface area contributed by atoms with E-state index in [1.165, 1.54) is 16.4 Å². The van der Waals surface area contributed by atoms with Crippen LogP contribution in [0.25, 0.3) is 0 Å². The monoisotopic (exact) mass is 493 g/mol. The fourth-order valence-corrected chi connectivity index (χ4v) is 5.90. The Balaban J connectivity index is 1.39. The molecule has 0 saturated carbocycles. The number of benzene rings is 3. The van der Waals surface area contributed by atoms with Crippen molar-refractivity contribution in [3.63, 3.8) is 0 Å². The molecule has 1 fully saturated rings. The van der Waals surface area contributed by atoms with Crippen LogP contribution in [0, 0.1) is 0 Å². The first kappa shape index (κ1) is 25.1. The van der Waals surface area contributed by atoms with Crippen molar-refractivity contribution in [1.29, 1.82) is 0 Å². The van der Waals surface area contributed by atoms with Crippen molar-refractivity contribution in [2.24, 2.45) is 0 Å². The SMILES string of the molecule is CC1CN(S(=O)(=O)c2ccc(NC(=O)CNC(c3ccccc3)c3ccccc3)cc2)CC(C)O1. The van der Waals surface area contributed by atoms with Crippen molar-refractivity contribution >= 4 is 21.6 Å². The Morgan fingerprint density at radius 2 is 1.40 bits per heavy atom. The van der Waals surface area contributed by atoms with Crippen LogP contribution in [-0.4, -0.2) is 50.5 Å². The van der Waals surface area contributed by atoms with Crippen LogP contribution in [0.4, 0.5) is 5.69 Å². The standard InChI is InChI=1S/C27H31N3O4S/c1-20-18-30(19-21(2)34-20)35(32,33)25-15-13-24(14-16-25)29-26(31)17-28-27(22-9-5-3-6-10-22)23-11-7-4-8-12-23/h3-16,20-21,27-28H,17-19H2,1-2H3,(H,29,31). The minimum Gasteiger partial charge on any atom is -0.373 e. The molecule has 1 amide bonds. The Bertz CT molecular complexity index is 1170. The van der Waals surface area contributed by atoms with E-state index in [1.807, 2.05) is 74.5 Å². The molecule has 0 bridgehead atoms. The lowest BCUT2D eigenvalue weighted by atomic mass is 9.99. The van der Waals surface area contributed by atoms with E-state index in [0.717, 1.165) is 11.1 Å². The van der Waals surface area contributed by atoms with Gasteiger partial charge in [0.2, 0.25) is 15.9 Å². The maximum absolute atomic E-state index is 13.0. The third-order valence-electron chi connectivity index (χ3n) is 5.89. The molecule has 184 valence electrons. The van der Waals surface area contributed by atoms with Gasteiger partial charge in [0, 0.05) is 18.8 Å². The van der Waals surface area contributed by atoms with Crippen LogP contribution in [0.15, 0.2) is 89.8 Å². The first-order valence-electron chi connectivity index (χ1n) is 11.7. The quantitative estimate of drug-likeness (QED) is 0.498. The summed E-state index contributed by atoms with van der Waals surface area (Å²) in [5.74, 6) is -0.215. The lowest BCUT2D eigenvalue weighted by Crippen LogP contribution is -2.48. The number of carbonyl (C=O) groups is 1. The minimum absolute atomic E-state index is 0.0953. The van der Waals surface area contributed by atoms with Crippen molar-refractivity contribution < 1.29 is 17.9 Å². The average Bonchev–Trinajstić information content (AvgIpc) is 2.85. The van der Waals surface area contributed by atoms with Crippen molar-refractivity contribution in [1.82, 2.24) is 9.62 Å². The molecule has 0 aliphatic carbocycles. The van der Waals surface area contributed by atoms with Crippen molar-refractivity contribution in [3.05, 3.63) is 96.1 Å². The number of hydrogen-bond acceptors (Lipinski definition) is 5. The molecule has 1 aliphatic rings. The number of rotatable bonds is 8. The topological polar surface area (TPSA) is 87.7 Å². The number of hydrogen-bond donors (Lipinski definition) is 2. The molecule has 4 rings (SSSR count). The van der Waals surface area contributed by atoms with Crippen LogP contribution in [0.1, 0.15) is 31.0 Å². The summed E-state index contributed by atoms with van der Waals surface area (Å²) in [5, 5.41) is 6.18. The number of carbonyl (C=O) groups excluding carboxylic acids is 1. The summed E-state index contributed by atoms with van der Waals surface area (Å²) in [7, 11) is -3.63. The van der Waals surface area contributed by atoms with Gasteiger partial charge in [0.05, 0.1) is 29.7 Å². The fourth-order valence-electron chi connectivity index (χ4n) is 4.31. The number of morpholine rings is 1. The molecule has 0 radical (unpaired) electrons. The van der Waals surface area contributed by atoms with Crippen LogP contribution in [0.2, 0.25) is 0 Å². The number of nitrogens with one attached hydrogen (secondary N) is 2. The van der Waals surface area contributed by atoms with E-state index in [1.54, 1.807) is 12.1 Å². The summed E-state index contributed by atoms with van der Waals surface area (Å²) < 4.78 is 33.2. The Labute approximate surface area is 207 Å². The molecule has 0 spiro atoms. The van der Waals surface area contributed by atoms with Crippen molar-refractivity contribution in [2.45, 2.75) is 37.0 Å². The summed E-state index contributed by atoms with van der Waals surface area (Å²) >= 11 is 0. The summed E-state index contributed by atoms with van der Waals surface area (Å²) in [6, 6.07) is 26.1. The maximum atomic E-state index is 13.0. The molecule has 3 aromatic carbocycles. The first-order chi connectivity index (χ1) is 16.8. The normalized spacial score (nSPS) is 18.9. The predicted molar refractivity (Wildman–Crippen MR) is 137 cm³/mol. The molecule has 0 aromatic heterocycles. The average molecular weight is 494 g/mol. The van der Waals surface area contributed by atoms with Gasteiger partial charge in [0.15, 0.2) is 0 Å². The molecule has 3 aromatic rings. The van der Waals surface area contributed by atoms with Gasteiger partial charge in [0.1, 0.15) is 0 Å². The highest BCUT2D eigenvalue weighted by molar-refractivity contribution is 7.89. The number of nitrogens with zero attached hydrogens (tertiary/aromatic N) is 1. The molecule has 7 nitrogen and oxygen atoms in total. The first-order valence-corrected chi connectivity index (χ1v) is 13.2. The highest BCUT2D eigenvalue weighted by Crippen LogP contribution is 2.23. The molecule has 2 unspecified atom stereocenters. The summed E-state index contributed by atoms with van der Waals surface area (Å²) in [6.07, 6.45) is -0.314. The van der Waals surface area contributed by atoms with Gasteiger partial charge in [-0.15, -0.1) is 0 Å². The van der Waals surface area contributed by atoms with Gasteiger partial charge >= 0.3 is 0 Å². The molecule has 2 atom stereocenters. The van der Waals surface area contributed by atoms with Gasteiger partial charge in [0.25, 0.3) is 0 Å². The highest BCUT2D eigenvalue weighted by atomic mass is 32.2. The zero-order chi connectivity index (χ0) is 24.8. The van der Waals surface area contributed by atoms with Gasteiger partial charge < -0.3 is 10.1 Å². The van der Waals surface area contributed by atoms with E-state index in [2.05, 4.69) is 10.6 Å². The summed E-state index contributed by atoms with van der Waals surface area (Å²) in [4.78, 5) is 12.9. The van der Waals surface area contributed by atoms with E-state index < -0.39 is 10.0 Å². The predicted octanol–water partition coefficient (Wildman–Crippen LogP) is 3.80. The summed E-state index contributed by atoms with van der Waals surface area (Å²) in [5.41, 5.74) is 2.66. The van der Waals surface area contributed by atoms with E-state index >= 15 is 0 Å². The fraction of sp³-hybridized carbons (Fsp3) is 0.296.